The zero-order chi connectivity index (χ0) is 23.7. The molecule has 170 valence electrons. The van der Waals surface area contributed by atoms with Crippen LogP contribution in [0.25, 0.3) is 33.9 Å². The Morgan fingerprint density at radius 2 is 2.06 bits per heavy atom. The Labute approximate surface area is 191 Å². The summed E-state index contributed by atoms with van der Waals surface area (Å²) in [5, 5.41) is 6.80. The summed E-state index contributed by atoms with van der Waals surface area (Å²) in [5.41, 5.74) is 2.80. The highest BCUT2D eigenvalue weighted by Gasteiger charge is 2.19. The molecule has 0 unspecified atom stereocenters. The van der Waals surface area contributed by atoms with Crippen LogP contribution in [0, 0.1) is 5.95 Å². The van der Waals surface area contributed by atoms with E-state index in [4.69, 9.17) is 4.52 Å². The first kappa shape index (κ1) is 21.3. The van der Waals surface area contributed by atoms with Crippen LogP contribution in [0.1, 0.15) is 34.7 Å². The molecule has 0 saturated carbocycles. The Morgan fingerprint density at radius 1 is 1.18 bits per heavy atom. The molecular weight excluding hydrogens is 444 g/mol. The predicted molar refractivity (Wildman–Crippen MR) is 118 cm³/mol. The van der Waals surface area contributed by atoms with Crippen LogP contribution in [-0.2, 0) is 6.67 Å². The third-order valence-electron chi connectivity index (χ3n) is 5.19. The van der Waals surface area contributed by atoms with E-state index in [1.165, 1.54) is 24.7 Å². The Hall–Kier alpha value is -4.54. The van der Waals surface area contributed by atoms with Gasteiger partial charge in [-0.2, -0.15) is 4.39 Å². The van der Waals surface area contributed by atoms with E-state index in [9.17, 15) is 13.6 Å². The van der Waals surface area contributed by atoms with Gasteiger partial charge in [0.1, 0.15) is 24.4 Å². The molecule has 2 N–H and O–H groups in total. The quantitative estimate of drug-likeness (QED) is 0.364. The summed E-state index contributed by atoms with van der Waals surface area (Å²) in [6, 6.07) is 10.7. The number of pyridine rings is 1. The number of hydrogen-bond acceptors (Lipinski definition) is 7. The van der Waals surface area contributed by atoms with Gasteiger partial charge in [0.15, 0.2) is 5.82 Å². The van der Waals surface area contributed by atoms with Crippen LogP contribution in [0.5, 0.6) is 0 Å². The average molecular weight is 461 g/mol. The SMILES string of the molecule is C[C@@H](NC(=O)c1cc(-c2cccnc2F)ncn1)c1cc(-c2nc3ccc(CF)cc3[nH]2)on1. The molecule has 4 heterocycles. The summed E-state index contributed by atoms with van der Waals surface area (Å²) in [6.07, 6.45) is 2.51. The number of carbonyl (C=O) groups is 1. The number of nitrogens with zero attached hydrogens (tertiary/aromatic N) is 5. The van der Waals surface area contributed by atoms with Gasteiger partial charge >= 0.3 is 0 Å². The molecule has 5 aromatic rings. The molecule has 1 atom stereocenters. The van der Waals surface area contributed by atoms with Crippen molar-refractivity contribution >= 4 is 16.9 Å². The monoisotopic (exact) mass is 461 g/mol. The van der Waals surface area contributed by atoms with Crippen LogP contribution >= 0.6 is 0 Å². The molecule has 0 aliphatic rings. The van der Waals surface area contributed by atoms with Gasteiger partial charge in [0.05, 0.1) is 28.3 Å². The maximum atomic E-state index is 14.0. The van der Waals surface area contributed by atoms with Gasteiger partial charge in [-0.25, -0.2) is 24.3 Å². The van der Waals surface area contributed by atoms with Crippen molar-refractivity contribution in [2.24, 2.45) is 0 Å². The van der Waals surface area contributed by atoms with Crippen LogP contribution in [-0.4, -0.2) is 36.0 Å². The number of rotatable bonds is 6. The lowest BCUT2D eigenvalue weighted by Crippen LogP contribution is -2.27. The van der Waals surface area contributed by atoms with Crippen LogP contribution < -0.4 is 5.32 Å². The number of benzene rings is 1. The summed E-state index contributed by atoms with van der Waals surface area (Å²) in [4.78, 5) is 31.9. The molecule has 0 radical (unpaired) electrons. The molecule has 0 aliphatic heterocycles. The second-order valence-electron chi connectivity index (χ2n) is 7.51. The number of H-pyrrole nitrogens is 1. The smallest absolute Gasteiger partial charge is 0.270 e. The summed E-state index contributed by atoms with van der Waals surface area (Å²) >= 11 is 0. The van der Waals surface area contributed by atoms with Crippen molar-refractivity contribution in [1.29, 1.82) is 0 Å². The Kier molecular flexibility index (Phi) is 5.50. The van der Waals surface area contributed by atoms with Crippen molar-refractivity contribution in [3.05, 3.63) is 77.9 Å². The number of fused-ring (bicyclic) bond motifs is 1. The lowest BCUT2D eigenvalue weighted by atomic mass is 10.1. The molecule has 0 saturated heterocycles. The second kappa shape index (κ2) is 8.77. The molecule has 0 fully saturated rings. The van der Waals surface area contributed by atoms with E-state index in [2.05, 4.69) is 35.4 Å². The zero-order valence-electron chi connectivity index (χ0n) is 17.8. The van der Waals surface area contributed by atoms with Crippen molar-refractivity contribution in [2.75, 3.05) is 0 Å². The van der Waals surface area contributed by atoms with Gasteiger partial charge in [-0.3, -0.25) is 4.79 Å². The molecule has 0 bridgehead atoms. The van der Waals surface area contributed by atoms with Crippen molar-refractivity contribution in [3.8, 4) is 22.8 Å². The lowest BCUT2D eigenvalue weighted by Gasteiger charge is -2.10. The van der Waals surface area contributed by atoms with E-state index in [-0.39, 0.29) is 17.0 Å². The third kappa shape index (κ3) is 4.10. The van der Waals surface area contributed by atoms with Gasteiger partial charge in [-0.15, -0.1) is 0 Å². The van der Waals surface area contributed by atoms with Crippen molar-refractivity contribution in [3.63, 3.8) is 0 Å². The third-order valence-corrected chi connectivity index (χ3v) is 5.19. The van der Waals surface area contributed by atoms with Crippen molar-refractivity contribution in [1.82, 2.24) is 35.4 Å². The highest BCUT2D eigenvalue weighted by atomic mass is 19.1. The maximum Gasteiger partial charge on any atom is 0.270 e. The molecule has 0 aliphatic carbocycles. The molecule has 5 rings (SSSR count). The molecule has 4 aromatic heterocycles. The fourth-order valence-electron chi connectivity index (χ4n) is 3.41. The number of carbonyl (C=O) groups excluding carboxylic acids is 1. The lowest BCUT2D eigenvalue weighted by molar-refractivity contribution is 0.0933. The minimum Gasteiger partial charge on any atom is -0.353 e. The minimum absolute atomic E-state index is 0.0600. The second-order valence-corrected chi connectivity index (χ2v) is 7.51. The Morgan fingerprint density at radius 3 is 2.88 bits per heavy atom. The van der Waals surface area contributed by atoms with Crippen LogP contribution in [0.3, 0.4) is 0 Å². The fourth-order valence-corrected chi connectivity index (χ4v) is 3.41. The van der Waals surface area contributed by atoms with Gasteiger partial charge in [-0.1, -0.05) is 11.2 Å². The van der Waals surface area contributed by atoms with Gasteiger partial charge in [0, 0.05) is 12.3 Å². The number of aromatic nitrogens is 6. The van der Waals surface area contributed by atoms with E-state index in [0.717, 1.165) is 0 Å². The first-order valence-corrected chi connectivity index (χ1v) is 10.3. The Balaban J connectivity index is 1.33. The molecular formula is C23H17F2N7O2. The number of halogens is 2. The topological polar surface area (TPSA) is 122 Å². The van der Waals surface area contributed by atoms with E-state index in [1.54, 1.807) is 37.3 Å². The summed E-state index contributed by atoms with van der Waals surface area (Å²) in [7, 11) is 0. The van der Waals surface area contributed by atoms with E-state index >= 15 is 0 Å². The molecule has 9 nitrogen and oxygen atoms in total. The number of imidazole rings is 1. The molecule has 1 aromatic carbocycles. The molecule has 1 amide bonds. The maximum absolute atomic E-state index is 14.0. The first-order chi connectivity index (χ1) is 16.5. The predicted octanol–water partition coefficient (Wildman–Crippen LogP) is 4.17. The standard InChI is InChI=1S/C23H17F2N7O2/c1-12(29-23(33)19-8-17(27-11-28-19)14-3-2-6-26-21(14)25)16-9-20(34-32-16)22-30-15-5-4-13(10-24)7-18(15)31-22/h2-9,11-12H,10H2,1H3,(H,29,33)(H,30,31)/t12-/m1/s1. The van der Waals surface area contributed by atoms with Gasteiger partial charge in [-0.05, 0) is 42.8 Å². The number of nitrogens with one attached hydrogen (secondary N) is 2. The minimum atomic E-state index is -0.692. The van der Waals surface area contributed by atoms with Crippen LogP contribution in [0.2, 0.25) is 0 Å². The number of hydrogen-bond donors (Lipinski definition) is 2. The summed E-state index contributed by atoms with van der Waals surface area (Å²) in [6.45, 7) is 1.16. The number of alkyl halides is 1. The number of aromatic amines is 1. The highest BCUT2D eigenvalue weighted by molar-refractivity contribution is 5.93. The molecule has 34 heavy (non-hydrogen) atoms. The largest absolute Gasteiger partial charge is 0.353 e. The van der Waals surface area contributed by atoms with Crippen molar-refractivity contribution < 1.29 is 18.1 Å². The van der Waals surface area contributed by atoms with E-state index in [0.29, 0.717) is 33.9 Å². The molecule has 0 spiro atoms. The number of amides is 1. The van der Waals surface area contributed by atoms with Crippen LogP contribution in [0.15, 0.2) is 59.5 Å². The summed E-state index contributed by atoms with van der Waals surface area (Å²) < 4.78 is 32.3. The average Bonchev–Trinajstić information content (AvgIpc) is 3.51. The van der Waals surface area contributed by atoms with E-state index in [1.807, 2.05) is 0 Å². The fraction of sp³-hybridized carbons (Fsp3) is 0.130. The van der Waals surface area contributed by atoms with Gasteiger partial charge in [0.2, 0.25) is 11.7 Å². The van der Waals surface area contributed by atoms with E-state index < -0.39 is 24.6 Å². The zero-order valence-corrected chi connectivity index (χ0v) is 17.8. The van der Waals surface area contributed by atoms with Crippen molar-refractivity contribution in [2.45, 2.75) is 19.6 Å². The van der Waals surface area contributed by atoms with Gasteiger partial charge < -0.3 is 14.8 Å². The summed E-state index contributed by atoms with van der Waals surface area (Å²) in [5.74, 6) is -0.386. The Bertz CT molecular complexity index is 1500. The van der Waals surface area contributed by atoms with Crippen LogP contribution in [0.4, 0.5) is 8.78 Å². The molecule has 11 heteroatoms. The van der Waals surface area contributed by atoms with Gasteiger partial charge in [0.25, 0.3) is 5.91 Å². The highest BCUT2D eigenvalue weighted by Crippen LogP contribution is 2.25. The normalized spacial score (nSPS) is 12.1. The first-order valence-electron chi connectivity index (χ1n) is 10.3.